The summed E-state index contributed by atoms with van der Waals surface area (Å²) in [6.07, 6.45) is 0.100. The summed E-state index contributed by atoms with van der Waals surface area (Å²) in [5.74, 6) is -0.218. The van der Waals surface area contributed by atoms with E-state index < -0.39 is 0 Å². The molecule has 0 spiro atoms. The molecular weight excluding hydrogens is 479 g/mol. The van der Waals surface area contributed by atoms with Gasteiger partial charge in [0.1, 0.15) is 0 Å². The van der Waals surface area contributed by atoms with Crippen molar-refractivity contribution in [1.82, 2.24) is 15.2 Å². The van der Waals surface area contributed by atoms with Gasteiger partial charge in [-0.3, -0.25) is 14.5 Å². The Kier molecular flexibility index (Phi) is 9.00. The van der Waals surface area contributed by atoms with Crippen LogP contribution in [0.4, 0.5) is 0 Å². The lowest BCUT2D eigenvalue weighted by Crippen LogP contribution is -2.47. The lowest BCUT2D eigenvalue weighted by molar-refractivity contribution is -0.120. The first kappa shape index (κ1) is 24.3. The molecule has 0 saturated carbocycles. The highest BCUT2D eigenvalue weighted by molar-refractivity contribution is 8.01. The highest BCUT2D eigenvalue weighted by Gasteiger charge is 2.21. The highest BCUT2D eigenvalue weighted by Crippen LogP contribution is 2.27. The summed E-state index contributed by atoms with van der Waals surface area (Å²) < 4.78 is 6.55. The summed E-state index contributed by atoms with van der Waals surface area (Å²) in [4.78, 5) is 30.8. The summed E-state index contributed by atoms with van der Waals surface area (Å²) in [6, 6.07) is 5.64. The third kappa shape index (κ3) is 7.62. The number of carbonyl (C=O) groups is 2. The van der Waals surface area contributed by atoms with Gasteiger partial charge < -0.3 is 15.8 Å². The van der Waals surface area contributed by atoms with E-state index in [1.54, 1.807) is 6.07 Å². The molecule has 11 heteroatoms. The molecule has 1 aromatic carbocycles. The summed E-state index contributed by atoms with van der Waals surface area (Å²) in [5.41, 5.74) is 7.11. The molecule has 1 fully saturated rings. The number of primary amides is 1. The van der Waals surface area contributed by atoms with Crippen LogP contribution in [0.5, 0.6) is 0 Å². The second-order valence-electron chi connectivity index (χ2n) is 7.20. The number of hydrogen-bond donors (Lipinski definition) is 2. The number of aryl methyl sites for hydroxylation is 1. The van der Waals surface area contributed by atoms with Gasteiger partial charge in [0.15, 0.2) is 4.34 Å². The van der Waals surface area contributed by atoms with E-state index in [1.807, 2.05) is 19.1 Å². The molecule has 1 aliphatic heterocycles. The molecular formula is C20H24Cl2N4O3S2. The first-order valence-electron chi connectivity index (χ1n) is 9.72. The molecule has 0 unspecified atom stereocenters. The number of thiazole rings is 1. The molecule has 2 amide bonds. The van der Waals surface area contributed by atoms with Crippen molar-refractivity contribution in [2.45, 2.75) is 30.3 Å². The normalized spacial score (nSPS) is 16.9. The number of carbonyl (C=O) groups excluding carboxylic acids is 2. The number of aromatic nitrogens is 1. The van der Waals surface area contributed by atoms with E-state index in [9.17, 15) is 9.59 Å². The highest BCUT2D eigenvalue weighted by atomic mass is 35.5. The van der Waals surface area contributed by atoms with Crippen LogP contribution in [-0.4, -0.2) is 59.8 Å². The topological polar surface area (TPSA) is 97.6 Å². The van der Waals surface area contributed by atoms with Gasteiger partial charge in [0.2, 0.25) is 11.8 Å². The van der Waals surface area contributed by atoms with E-state index in [-0.39, 0.29) is 30.1 Å². The Labute approximate surface area is 199 Å². The lowest BCUT2D eigenvalue weighted by atomic mass is 10.2. The predicted octanol–water partition coefficient (Wildman–Crippen LogP) is 2.90. The number of thioether (sulfide) groups is 1. The van der Waals surface area contributed by atoms with Crippen LogP contribution in [-0.2, 0) is 27.3 Å². The lowest BCUT2D eigenvalue weighted by Gasteiger charge is -2.33. The monoisotopic (exact) mass is 502 g/mol. The van der Waals surface area contributed by atoms with Crippen LogP contribution in [0.2, 0.25) is 10.0 Å². The number of nitrogens with zero attached hydrogens (tertiary/aromatic N) is 2. The summed E-state index contributed by atoms with van der Waals surface area (Å²) >= 11 is 14.8. The number of nitrogens with two attached hydrogens (primary N) is 1. The van der Waals surface area contributed by atoms with Gasteiger partial charge in [0.25, 0.3) is 0 Å². The molecule has 7 nitrogen and oxygen atoms in total. The number of ether oxygens (including phenoxy) is 1. The molecule has 1 atom stereocenters. The summed E-state index contributed by atoms with van der Waals surface area (Å²) in [6.45, 7) is 5.17. The Hall–Kier alpha value is -1.36. The number of hydrogen-bond acceptors (Lipinski definition) is 7. The molecule has 168 valence electrons. The van der Waals surface area contributed by atoms with Crippen molar-refractivity contribution >= 4 is 58.1 Å². The van der Waals surface area contributed by atoms with E-state index in [1.165, 1.54) is 23.1 Å². The minimum Gasteiger partial charge on any atom is -0.374 e. The van der Waals surface area contributed by atoms with Crippen LogP contribution in [0.3, 0.4) is 0 Å². The van der Waals surface area contributed by atoms with E-state index in [0.29, 0.717) is 23.2 Å². The third-order valence-electron chi connectivity index (χ3n) is 4.67. The zero-order valence-electron chi connectivity index (χ0n) is 17.0. The molecule has 0 aliphatic carbocycles. The average Bonchev–Trinajstić information content (AvgIpc) is 3.06. The first-order chi connectivity index (χ1) is 14.8. The quantitative estimate of drug-likeness (QED) is 0.511. The molecule has 1 aliphatic rings. The van der Waals surface area contributed by atoms with Gasteiger partial charge in [-0.05, 0) is 24.6 Å². The number of benzene rings is 1. The predicted molar refractivity (Wildman–Crippen MR) is 125 cm³/mol. The fraction of sp³-hybridized carbons (Fsp3) is 0.450. The van der Waals surface area contributed by atoms with Crippen LogP contribution in [0.15, 0.2) is 22.5 Å². The van der Waals surface area contributed by atoms with Gasteiger partial charge in [0, 0.05) is 31.1 Å². The van der Waals surface area contributed by atoms with Crippen molar-refractivity contribution in [3.05, 3.63) is 44.4 Å². The Morgan fingerprint density at radius 3 is 2.94 bits per heavy atom. The number of nitrogens with one attached hydrogen (secondary N) is 1. The van der Waals surface area contributed by atoms with Crippen molar-refractivity contribution in [1.29, 1.82) is 0 Å². The number of rotatable bonds is 9. The molecule has 1 aromatic heterocycles. The molecule has 3 N–H and O–H groups in total. The number of amides is 2. The minimum absolute atomic E-state index is 0.0743. The molecule has 1 saturated heterocycles. The van der Waals surface area contributed by atoms with Gasteiger partial charge in [-0.25, -0.2) is 4.98 Å². The van der Waals surface area contributed by atoms with Crippen LogP contribution in [0, 0.1) is 6.92 Å². The maximum absolute atomic E-state index is 12.2. The van der Waals surface area contributed by atoms with Crippen molar-refractivity contribution in [2.24, 2.45) is 5.73 Å². The van der Waals surface area contributed by atoms with Gasteiger partial charge in [-0.2, -0.15) is 0 Å². The van der Waals surface area contributed by atoms with Gasteiger partial charge >= 0.3 is 0 Å². The van der Waals surface area contributed by atoms with Gasteiger partial charge in [-0.1, -0.05) is 41.0 Å². The zero-order valence-corrected chi connectivity index (χ0v) is 20.2. The van der Waals surface area contributed by atoms with Gasteiger partial charge in [-0.15, -0.1) is 11.3 Å². The van der Waals surface area contributed by atoms with Crippen LogP contribution >= 0.6 is 46.3 Å². The Bertz CT molecular complexity index is 941. The van der Waals surface area contributed by atoms with E-state index in [0.717, 1.165) is 40.1 Å². The summed E-state index contributed by atoms with van der Waals surface area (Å²) in [7, 11) is 0. The average molecular weight is 503 g/mol. The third-order valence-corrected chi connectivity index (χ3v) is 7.71. The molecule has 0 bridgehead atoms. The Morgan fingerprint density at radius 1 is 1.39 bits per heavy atom. The largest absolute Gasteiger partial charge is 0.374 e. The summed E-state index contributed by atoms with van der Waals surface area (Å²) in [5, 5.41) is 4.02. The smallest absolute Gasteiger partial charge is 0.230 e. The Morgan fingerprint density at radius 2 is 2.19 bits per heavy atom. The molecule has 3 rings (SSSR count). The molecule has 0 radical (unpaired) electrons. The van der Waals surface area contributed by atoms with Crippen molar-refractivity contribution < 1.29 is 14.3 Å². The molecule has 31 heavy (non-hydrogen) atoms. The fourth-order valence-electron chi connectivity index (χ4n) is 3.14. The number of morpholine rings is 1. The second-order valence-corrected chi connectivity index (χ2v) is 10.3. The maximum Gasteiger partial charge on any atom is 0.230 e. The Balaban J connectivity index is 1.41. The van der Waals surface area contributed by atoms with Crippen molar-refractivity contribution in [2.75, 3.05) is 32.0 Å². The van der Waals surface area contributed by atoms with Crippen LogP contribution < -0.4 is 11.1 Å². The second kappa shape index (κ2) is 11.5. The maximum atomic E-state index is 12.2. The number of halogens is 2. The van der Waals surface area contributed by atoms with E-state index in [2.05, 4.69) is 15.2 Å². The van der Waals surface area contributed by atoms with E-state index >= 15 is 0 Å². The van der Waals surface area contributed by atoms with Crippen molar-refractivity contribution in [3.63, 3.8) is 0 Å². The standard InChI is InChI=1S/C20H24Cl2N4O3S2/c1-12-17(7-18(23)27)31-20(25-12)30-11-19(28)24-8-14-10-26(4-5-29-14)9-13-2-3-15(21)16(22)6-13/h2-3,6,14H,4-5,7-11H2,1H3,(H2,23,27)(H,24,28)/t14-/m0/s1. The van der Waals surface area contributed by atoms with Crippen molar-refractivity contribution in [3.8, 4) is 0 Å². The van der Waals surface area contributed by atoms with E-state index in [4.69, 9.17) is 33.7 Å². The van der Waals surface area contributed by atoms with Gasteiger partial charge in [0.05, 0.1) is 40.6 Å². The van der Waals surface area contributed by atoms with Crippen LogP contribution in [0.25, 0.3) is 0 Å². The first-order valence-corrected chi connectivity index (χ1v) is 12.3. The van der Waals surface area contributed by atoms with Crippen LogP contribution in [0.1, 0.15) is 16.1 Å². The SMILES string of the molecule is Cc1nc(SCC(=O)NC[C@H]2CN(Cc3ccc(Cl)c(Cl)c3)CCO2)sc1CC(N)=O. The minimum atomic E-state index is -0.387. The fourth-order valence-corrected chi connectivity index (χ4v) is 5.53. The zero-order chi connectivity index (χ0) is 22.4. The molecule has 2 aromatic rings. The molecule has 2 heterocycles.